The highest BCUT2D eigenvalue weighted by Crippen LogP contribution is 2.24. The molecule has 0 bridgehead atoms. The lowest BCUT2D eigenvalue weighted by molar-refractivity contribution is -0.0251. The first-order valence-electron chi connectivity index (χ1n) is 6.62. The van der Waals surface area contributed by atoms with Gasteiger partial charge in [0.1, 0.15) is 5.60 Å². The molecule has 104 valence electrons. The van der Waals surface area contributed by atoms with E-state index in [-0.39, 0.29) is 18.6 Å². The number of nitrogens with one attached hydrogen (secondary N) is 1. The van der Waals surface area contributed by atoms with E-state index in [1.54, 1.807) is 0 Å². The number of aliphatic hydroxyl groups is 1. The van der Waals surface area contributed by atoms with Crippen LogP contribution in [0.4, 0.5) is 0 Å². The molecule has 0 saturated carbocycles. The molecule has 2 atom stereocenters. The summed E-state index contributed by atoms with van der Waals surface area (Å²) in [6.07, 6.45) is 0.313. The monoisotopic (exact) mass is 263 g/mol. The van der Waals surface area contributed by atoms with E-state index in [1.165, 1.54) is 0 Å². The molecule has 1 aliphatic heterocycles. The van der Waals surface area contributed by atoms with E-state index in [0.717, 1.165) is 11.1 Å². The Kier molecular flexibility index (Phi) is 3.92. The zero-order valence-corrected chi connectivity index (χ0v) is 11.7. The predicted octanol–water partition coefficient (Wildman–Crippen LogP) is 1.57. The van der Waals surface area contributed by atoms with E-state index in [0.29, 0.717) is 18.6 Å². The summed E-state index contributed by atoms with van der Waals surface area (Å²) in [5.74, 6) is -0.145. The number of hydrogen-bond acceptors (Lipinski definition) is 3. The molecule has 1 aliphatic rings. The number of rotatable bonds is 3. The summed E-state index contributed by atoms with van der Waals surface area (Å²) in [7, 11) is 0. The second-order valence-electron chi connectivity index (χ2n) is 5.37. The van der Waals surface area contributed by atoms with Crippen molar-refractivity contribution < 1.29 is 14.6 Å². The minimum absolute atomic E-state index is 0.145. The SMILES string of the molecule is Cc1ccc(C)c(C(=O)NCC2(O)CCOC2C)c1. The molecule has 1 amide bonds. The Balaban J connectivity index is 2.03. The van der Waals surface area contributed by atoms with Crippen LogP contribution in [0.5, 0.6) is 0 Å². The van der Waals surface area contributed by atoms with Crippen LogP contribution in [-0.2, 0) is 4.74 Å². The highest BCUT2D eigenvalue weighted by atomic mass is 16.5. The largest absolute Gasteiger partial charge is 0.385 e. The maximum atomic E-state index is 12.2. The number of aryl methyl sites for hydroxylation is 2. The van der Waals surface area contributed by atoms with Gasteiger partial charge in [0.15, 0.2) is 0 Å². The van der Waals surface area contributed by atoms with Gasteiger partial charge < -0.3 is 15.2 Å². The molecule has 0 spiro atoms. The Morgan fingerprint density at radius 1 is 1.53 bits per heavy atom. The maximum absolute atomic E-state index is 12.2. The van der Waals surface area contributed by atoms with E-state index in [9.17, 15) is 9.90 Å². The van der Waals surface area contributed by atoms with E-state index in [2.05, 4.69) is 5.32 Å². The van der Waals surface area contributed by atoms with Gasteiger partial charge in [0.25, 0.3) is 5.91 Å². The molecule has 1 fully saturated rings. The molecular formula is C15H21NO3. The van der Waals surface area contributed by atoms with Crippen molar-refractivity contribution in [3.63, 3.8) is 0 Å². The summed E-state index contributed by atoms with van der Waals surface area (Å²) in [5, 5.41) is 13.2. The van der Waals surface area contributed by atoms with Gasteiger partial charge in [-0.3, -0.25) is 4.79 Å². The summed E-state index contributed by atoms with van der Waals surface area (Å²) in [6, 6.07) is 5.77. The highest BCUT2D eigenvalue weighted by Gasteiger charge is 2.39. The van der Waals surface area contributed by atoms with Crippen LogP contribution >= 0.6 is 0 Å². The zero-order chi connectivity index (χ0) is 14.0. The number of carbonyl (C=O) groups excluding carboxylic acids is 1. The third kappa shape index (κ3) is 2.96. The van der Waals surface area contributed by atoms with Crippen LogP contribution in [0.25, 0.3) is 0 Å². The first-order chi connectivity index (χ1) is 8.92. The van der Waals surface area contributed by atoms with Crippen LogP contribution in [0, 0.1) is 13.8 Å². The fraction of sp³-hybridized carbons (Fsp3) is 0.533. The van der Waals surface area contributed by atoms with E-state index >= 15 is 0 Å². The lowest BCUT2D eigenvalue weighted by atomic mass is 9.96. The van der Waals surface area contributed by atoms with Crippen LogP contribution in [0.2, 0.25) is 0 Å². The van der Waals surface area contributed by atoms with Gasteiger partial charge >= 0.3 is 0 Å². The molecule has 0 aromatic heterocycles. The highest BCUT2D eigenvalue weighted by molar-refractivity contribution is 5.95. The molecule has 19 heavy (non-hydrogen) atoms. The van der Waals surface area contributed by atoms with Crippen molar-refractivity contribution in [2.75, 3.05) is 13.2 Å². The molecular weight excluding hydrogens is 242 g/mol. The topological polar surface area (TPSA) is 58.6 Å². The number of amides is 1. The van der Waals surface area contributed by atoms with Crippen molar-refractivity contribution in [3.8, 4) is 0 Å². The summed E-state index contributed by atoms with van der Waals surface area (Å²) in [5.41, 5.74) is 1.70. The Labute approximate surface area is 113 Å². The lowest BCUT2D eigenvalue weighted by Gasteiger charge is -2.26. The number of hydrogen-bond donors (Lipinski definition) is 2. The van der Waals surface area contributed by atoms with Crippen molar-refractivity contribution >= 4 is 5.91 Å². The van der Waals surface area contributed by atoms with Gasteiger partial charge in [-0.05, 0) is 32.4 Å². The smallest absolute Gasteiger partial charge is 0.251 e. The van der Waals surface area contributed by atoms with Crippen LogP contribution in [0.1, 0.15) is 34.8 Å². The Morgan fingerprint density at radius 3 is 2.89 bits per heavy atom. The standard InChI is InChI=1S/C15H21NO3/c1-10-4-5-11(2)13(8-10)14(17)16-9-15(18)6-7-19-12(15)3/h4-5,8,12,18H,6-7,9H2,1-3H3,(H,16,17). The van der Waals surface area contributed by atoms with Crippen LogP contribution in [0.3, 0.4) is 0 Å². The van der Waals surface area contributed by atoms with Crippen LogP contribution < -0.4 is 5.32 Å². The normalized spacial score (nSPS) is 26.4. The summed E-state index contributed by atoms with van der Waals surface area (Å²) in [4.78, 5) is 12.2. The van der Waals surface area contributed by atoms with E-state index < -0.39 is 5.60 Å². The Morgan fingerprint density at radius 2 is 2.26 bits per heavy atom. The van der Waals surface area contributed by atoms with Crippen molar-refractivity contribution in [3.05, 3.63) is 34.9 Å². The molecule has 2 N–H and O–H groups in total. The third-order valence-electron chi connectivity index (χ3n) is 3.85. The van der Waals surface area contributed by atoms with Crippen molar-refractivity contribution in [2.24, 2.45) is 0 Å². The van der Waals surface area contributed by atoms with Gasteiger partial charge in [0.05, 0.1) is 6.10 Å². The average molecular weight is 263 g/mol. The Hall–Kier alpha value is -1.39. The number of benzene rings is 1. The summed E-state index contributed by atoms with van der Waals surface area (Å²) < 4.78 is 5.35. The fourth-order valence-electron chi connectivity index (χ4n) is 2.31. The number of ether oxygens (including phenoxy) is 1. The molecule has 1 aromatic rings. The van der Waals surface area contributed by atoms with Crippen molar-refractivity contribution in [1.29, 1.82) is 0 Å². The first-order valence-corrected chi connectivity index (χ1v) is 6.62. The van der Waals surface area contributed by atoms with Gasteiger partial charge in [0.2, 0.25) is 0 Å². The summed E-state index contributed by atoms with van der Waals surface area (Å²) >= 11 is 0. The van der Waals surface area contributed by atoms with Crippen molar-refractivity contribution in [2.45, 2.75) is 38.9 Å². The minimum atomic E-state index is -0.951. The van der Waals surface area contributed by atoms with Crippen LogP contribution in [-0.4, -0.2) is 35.9 Å². The molecule has 0 aliphatic carbocycles. The lowest BCUT2D eigenvalue weighted by Crippen LogP contribution is -2.47. The maximum Gasteiger partial charge on any atom is 0.251 e. The van der Waals surface area contributed by atoms with Gasteiger partial charge in [-0.1, -0.05) is 17.7 Å². The van der Waals surface area contributed by atoms with Gasteiger partial charge in [0, 0.05) is 25.1 Å². The Bertz CT molecular complexity index is 486. The number of carbonyl (C=O) groups is 1. The van der Waals surface area contributed by atoms with Crippen molar-refractivity contribution in [1.82, 2.24) is 5.32 Å². The third-order valence-corrected chi connectivity index (χ3v) is 3.85. The molecule has 4 heteroatoms. The molecule has 4 nitrogen and oxygen atoms in total. The van der Waals surface area contributed by atoms with Gasteiger partial charge in [-0.2, -0.15) is 0 Å². The fourth-order valence-corrected chi connectivity index (χ4v) is 2.31. The predicted molar refractivity (Wildman–Crippen MR) is 73.2 cm³/mol. The molecule has 2 unspecified atom stereocenters. The molecule has 1 heterocycles. The molecule has 1 aromatic carbocycles. The second-order valence-corrected chi connectivity index (χ2v) is 5.37. The van der Waals surface area contributed by atoms with Gasteiger partial charge in [-0.25, -0.2) is 0 Å². The van der Waals surface area contributed by atoms with E-state index in [4.69, 9.17) is 4.74 Å². The average Bonchev–Trinajstić information content (AvgIpc) is 2.70. The van der Waals surface area contributed by atoms with Crippen LogP contribution in [0.15, 0.2) is 18.2 Å². The molecule has 0 radical (unpaired) electrons. The molecule has 2 rings (SSSR count). The van der Waals surface area contributed by atoms with E-state index in [1.807, 2.05) is 39.0 Å². The zero-order valence-electron chi connectivity index (χ0n) is 11.7. The molecule has 1 saturated heterocycles. The van der Waals surface area contributed by atoms with Gasteiger partial charge in [-0.15, -0.1) is 0 Å². The first kappa shape index (κ1) is 14.0. The second kappa shape index (κ2) is 5.31. The minimum Gasteiger partial charge on any atom is -0.385 e. The summed E-state index contributed by atoms with van der Waals surface area (Å²) in [6.45, 7) is 6.45. The quantitative estimate of drug-likeness (QED) is 0.870.